The second kappa shape index (κ2) is 9.08. The molecule has 6 nitrogen and oxygen atoms in total. The number of ether oxygens (including phenoxy) is 1. The van der Waals surface area contributed by atoms with Gasteiger partial charge in [0.15, 0.2) is 0 Å². The van der Waals surface area contributed by atoms with Crippen LogP contribution in [0.3, 0.4) is 0 Å². The van der Waals surface area contributed by atoms with E-state index in [9.17, 15) is 8.42 Å². The topological polar surface area (TPSA) is 73.6 Å². The lowest BCUT2D eigenvalue weighted by Crippen LogP contribution is -2.47. The maximum Gasteiger partial charge on any atom is 0.214 e. The van der Waals surface area contributed by atoms with Crippen LogP contribution in [0.4, 0.5) is 0 Å². The first-order valence-electron chi connectivity index (χ1n) is 7.88. The van der Waals surface area contributed by atoms with Crippen LogP contribution >= 0.6 is 11.8 Å². The van der Waals surface area contributed by atoms with Gasteiger partial charge in [-0.2, -0.15) is 21.3 Å². The van der Waals surface area contributed by atoms with Crippen molar-refractivity contribution >= 4 is 21.8 Å². The lowest BCUT2D eigenvalue weighted by molar-refractivity contribution is 0.0355. The molecule has 0 radical (unpaired) electrons. The van der Waals surface area contributed by atoms with E-state index in [1.165, 1.54) is 0 Å². The molecule has 8 heteroatoms. The molecule has 0 aromatic heterocycles. The number of hydrogen-bond donors (Lipinski definition) is 0. The monoisotopic (exact) mass is 347 g/mol. The minimum atomic E-state index is -3.27. The van der Waals surface area contributed by atoms with E-state index in [2.05, 4.69) is 4.90 Å². The van der Waals surface area contributed by atoms with Gasteiger partial charge >= 0.3 is 0 Å². The first-order valence-corrected chi connectivity index (χ1v) is 10.6. The quantitative estimate of drug-likeness (QED) is 0.604. The zero-order valence-electron chi connectivity index (χ0n) is 12.9. The SMILES string of the molecule is N#CCCCS(=O)(=O)N(CCN1CCOCC1)C1CCSC1. The predicted molar refractivity (Wildman–Crippen MR) is 88.3 cm³/mol. The van der Waals surface area contributed by atoms with Gasteiger partial charge in [0.05, 0.1) is 25.0 Å². The number of sulfonamides is 1. The van der Waals surface area contributed by atoms with Crippen molar-refractivity contribution in [2.45, 2.75) is 25.3 Å². The molecule has 0 N–H and O–H groups in total. The van der Waals surface area contributed by atoms with Gasteiger partial charge in [0.2, 0.25) is 10.0 Å². The van der Waals surface area contributed by atoms with E-state index >= 15 is 0 Å². The highest BCUT2D eigenvalue weighted by atomic mass is 32.2. The number of morpholine rings is 1. The minimum absolute atomic E-state index is 0.0881. The summed E-state index contributed by atoms with van der Waals surface area (Å²) < 4.78 is 32.3. The molecule has 2 aliphatic heterocycles. The van der Waals surface area contributed by atoms with Crippen molar-refractivity contribution in [3.63, 3.8) is 0 Å². The molecule has 0 bridgehead atoms. The summed E-state index contributed by atoms with van der Waals surface area (Å²) in [6.45, 7) is 4.54. The number of hydrogen-bond acceptors (Lipinski definition) is 6. The lowest BCUT2D eigenvalue weighted by Gasteiger charge is -2.32. The van der Waals surface area contributed by atoms with Crippen LogP contribution in [0.25, 0.3) is 0 Å². The van der Waals surface area contributed by atoms with E-state index in [1.54, 1.807) is 4.31 Å². The molecule has 2 saturated heterocycles. The zero-order valence-corrected chi connectivity index (χ0v) is 14.6. The molecule has 126 valence electrons. The van der Waals surface area contributed by atoms with Gasteiger partial charge in [-0.25, -0.2) is 8.42 Å². The smallest absolute Gasteiger partial charge is 0.214 e. The van der Waals surface area contributed by atoms with E-state index in [-0.39, 0.29) is 11.8 Å². The summed E-state index contributed by atoms with van der Waals surface area (Å²) in [6.07, 6.45) is 1.66. The third-order valence-corrected chi connectivity index (χ3v) is 7.25. The number of nitrogens with zero attached hydrogens (tertiary/aromatic N) is 3. The van der Waals surface area contributed by atoms with Gasteiger partial charge in [-0.15, -0.1) is 0 Å². The predicted octanol–water partition coefficient (Wildman–Crippen LogP) is 0.760. The Hall–Kier alpha value is -0.330. The molecule has 2 fully saturated rings. The van der Waals surface area contributed by atoms with Crippen LogP contribution in [-0.4, -0.2) is 80.3 Å². The summed E-state index contributed by atoms with van der Waals surface area (Å²) in [5, 5.41) is 8.61. The van der Waals surface area contributed by atoms with Gasteiger partial charge in [0.25, 0.3) is 0 Å². The second-order valence-corrected chi connectivity index (χ2v) is 8.85. The van der Waals surface area contributed by atoms with Crippen LogP contribution < -0.4 is 0 Å². The minimum Gasteiger partial charge on any atom is -0.379 e. The summed E-state index contributed by atoms with van der Waals surface area (Å²) in [4.78, 5) is 2.27. The lowest BCUT2D eigenvalue weighted by atomic mass is 10.2. The van der Waals surface area contributed by atoms with Crippen molar-refractivity contribution < 1.29 is 13.2 Å². The Balaban J connectivity index is 1.94. The Bertz CT molecular complexity index is 466. The Kier molecular flexibility index (Phi) is 7.44. The highest BCUT2D eigenvalue weighted by Crippen LogP contribution is 2.25. The molecule has 0 amide bonds. The van der Waals surface area contributed by atoms with Crippen LogP contribution in [0, 0.1) is 11.3 Å². The summed E-state index contributed by atoms with van der Waals surface area (Å²) in [5.41, 5.74) is 0. The third-order valence-electron chi connectivity index (χ3n) is 4.10. The molecule has 2 rings (SSSR count). The molecule has 0 aliphatic carbocycles. The molecule has 0 aromatic rings. The molecule has 2 heterocycles. The first-order chi connectivity index (χ1) is 10.6. The maximum absolute atomic E-state index is 12.6. The average Bonchev–Trinajstić information content (AvgIpc) is 3.02. The standard InChI is InChI=1S/C14H25N3O3S2/c15-4-1-2-12-22(18,19)17(14-3-11-21-13-14)6-5-16-7-9-20-10-8-16/h14H,1-3,5-13H2. The van der Waals surface area contributed by atoms with E-state index in [0.29, 0.717) is 19.4 Å². The average molecular weight is 348 g/mol. The van der Waals surface area contributed by atoms with Crippen LogP contribution in [0.2, 0.25) is 0 Å². The summed E-state index contributed by atoms with van der Waals surface area (Å²) >= 11 is 1.82. The van der Waals surface area contributed by atoms with Gasteiger partial charge in [0.1, 0.15) is 0 Å². The first kappa shape index (κ1) is 18.0. The molecule has 2 aliphatic rings. The molecule has 0 spiro atoms. The van der Waals surface area contributed by atoms with E-state index in [1.807, 2.05) is 17.8 Å². The Morgan fingerprint density at radius 1 is 1.36 bits per heavy atom. The Morgan fingerprint density at radius 2 is 2.14 bits per heavy atom. The molecular formula is C14H25N3O3S2. The molecule has 22 heavy (non-hydrogen) atoms. The highest BCUT2D eigenvalue weighted by Gasteiger charge is 2.32. The Morgan fingerprint density at radius 3 is 2.77 bits per heavy atom. The van der Waals surface area contributed by atoms with Crippen molar-refractivity contribution in [3.05, 3.63) is 0 Å². The van der Waals surface area contributed by atoms with E-state index in [4.69, 9.17) is 10.00 Å². The second-order valence-electron chi connectivity index (χ2n) is 5.66. The largest absolute Gasteiger partial charge is 0.379 e. The maximum atomic E-state index is 12.6. The van der Waals surface area contributed by atoms with Crippen molar-refractivity contribution in [2.24, 2.45) is 0 Å². The van der Waals surface area contributed by atoms with Gasteiger partial charge in [-0.1, -0.05) is 0 Å². The summed E-state index contributed by atoms with van der Waals surface area (Å²) in [6, 6.07) is 2.15. The van der Waals surface area contributed by atoms with Crippen molar-refractivity contribution in [1.29, 1.82) is 5.26 Å². The molecule has 0 aromatic carbocycles. The number of unbranched alkanes of at least 4 members (excludes halogenated alkanes) is 1. The fourth-order valence-electron chi connectivity index (χ4n) is 2.81. The fraction of sp³-hybridized carbons (Fsp3) is 0.929. The van der Waals surface area contributed by atoms with E-state index in [0.717, 1.165) is 50.8 Å². The van der Waals surface area contributed by atoms with Crippen LogP contribution in [0.15, 0.2) is 0 Å². The van der Waals surface area contributed by atoms with Crippen molar-refractivity contribution in [3.8, 4) is 6.07 Å². The van der Waals surface area contributed by atoms with Crippen molar-refractivity contribution in [2.75, 3.05) is 56.7 Å². The van der Waals surface area contributed by atoms with Gasteiger partial charge in [0, 0.05) is 44.4 Å². The fourth-order valence-corrected chi connectivity index (χ4v) is 5.87. The normalized spacial score (nSPS) is 23.7. The summed E-state index contributed by atoms with van der Waals surface area (Å²) in [5.74, 6) is 2.01. The van der Waals surface area contributed by atoms with E-state index < -0.39 is 10.0 Å². The van der Waals surface area contributed by atoms with Crippen LogP contribution in [0.5, 0.6) is 0 Å². The summed E-state index contributed by atoms with van der Waals surface area (Å²) in [7, 11) is -3.27. The molecular weight excluding hydrogens is 322 g/mol. The number of rotatable bonds is 8. The third kappa shape index (κ3) is 5.39. The van der Waals surface area contributed by atoms with Crippen LogP contribution in [-0.2, 0) is 14.8 Å². The highest BCUT2D eigenvalue weighted by molar-refractivity contribution is 7.99. The van der Waals surface area contributed by atoms with Gasteiger partial charge in [-0.3, -0.25) is 4.90 Å². The zero-order chi connectivity index (χ0) is 15.8. The van der Waals surface area contributed by atoms with Gasteiger partial charge in [-0.05, 0) is 18.6 Å². The van der Waals surface area contributed by atoms with Crippen LogP contribution in [0.1, 0.15) is 19.3 Å². The molecule has 1 atom stereocenters. The Labute approximate surface area is 137 Å². The number of nitriles is 1. The molecule has 0 saturated carbocycles. The molecule has 1 unspecified atom stereocenters. The number of thioether (sulfide) groups is 1. The van der Waals surface area contributed by atoms with Crippen molar-refractivity contribution in [1.82, 2.24) is 9.21 Å². The van der Waals surface area contributed by atoms with Gasteiger partial charge < -0.3 is 4.74 Å².